The van der Waals surface area contributed by atoms with Gasteiger partial charge in [0.05, 0.1) is 13.2 Å². The van der Waals surface area contributed by atoms with Gasteiger partial charge in [-0.1, -0.05) is 18.2 Å². The van der Waals surface area contributed by atoms with Crippen LogP contribution in [0.5, 0.6) is 11.6 Å². The summed E-state index contributed by atoms with van der Waals surface area (Å²) in [5.74, 6) is -5.59. The number of anilines is 1. The number of benzene rings is 1. The van der Waals surface area contributed by atoms with Crippen molar-refractivity contribution in [3.8, 4) is 11.6 Å². The molecule has 2 N–H and O–H groups in total. The molecule has 2 aromatic rings. The lowest BCUT2D eigenvalue weighted by molar-refractivity contribution is 0.00711. The number of halogens is 2. The SMILES string of the molecule is CNS(=O)(=O)N1CC(Nc2nc(C(C)(F)F)nc(Oc3ccccc3)c2C(=O)OC)C1. The predicted octanol–water partition coefficient (Wildman–Crippen LogP) is 1.73. The van der Waals surface area contributed by atoms with E-state index in [4.69, 9.17) is 9.47 Å². The Bertz CT molecular complexity index is 1060. The normalized spacial score (nSPS) is 15.3. The fraction of sp³-hybridized carbons (Fsp3) is 0.389. The Morgan fingerprint density at radius 3 is 2.42 bits per heavy atom. The molecule has 0 radical (unpaired) electrons. The van der Waals surface area contributed by atoms with Gasteiger partial charge in [0.25, 0.3) is 10.2 Å². The Morgan fingerprint density at radius 1 is 1.23 bits per heavy atom. The molecule has 0 saturated carbocycles. The minimum atomic E-state index is -3.62. The zero-order valence-electron chi connectivity index (χ0n) is 16.9. The zero-order valence-corrected chi connectivity index (χ0v) is 17.7. The fourth-order valence-electron chi connectivity index (χ4n) is 2.75. The van der Waals surface area contributed by atoms with Crippen molar-refractivity contribution in [3.05, 3.63) is 41.7 Å². The number of hydrogen-bond donors (Lipinski definition) is 2. The molecule has 1 aromatic heterocycles. The molecule has 168 valence electrons. The van der Waals surface area contributed by atoms with E-state index in [1.807, 2.05) is 0 Å². The summed E-state index contributed by atoms with van der Waals surface area (Å²) >= 11 is 0. The van der Waals surface area contributed by atoms with E-state index < -0.39 is 39.8 Å². The summed E-state index contributed by atoms with van der Waals surface area (Å²) in [5.41, 5.74) is -0.283. The maximum Gasteiger partial charge on any atom is 0.347 e. The van der Waals surface area contributed by atoms with Crippen LogP contribution in [-0.4, -0.2) is 61.9 Å². The highest BCUT2D eigenvalue weighted by Gasteiger charge is 2.38. The number of carbonyl (C=O) groups is 1. The number of hydrogen-bond acceptors (Lipinski definition) is 8. The van der Waals surface area contributed by atoms with Gasteiger partial charge in [0.2, 0.25) is 11.7 Å². The van der Waals surface area contributed by atoms with Crippen LogP contribution >= 0.6 is 0 Å². The molecule has 1 aliphatic rings. The van der Waals surface area contributed by atoms with Crippen molar-refractivity contribution in [2.75, 3.05) is 32.6 Å². The second kappa shape index (κ2) is 8.69. The van der Waals surface area contributed by atoms with E-state index in [1.165, 1.54) is 7.05 Å². The number of aromatic nitrogens is 2. The lowest BCUT2D eigenvalue weighted by Gasteiger charge is -2.38. The van der Waals surface area contributed by atoms with E-state index in [0.29, 0.717) is 6.92 Å². The van der Waals surface area contributed by atoms with E-state index in [2.05, 4.69) is 20.0 Å². The van der Waals surface area contributed by atoms with Crippen LogP contribution < -0.4 is 14.8 Å². The maximum atomic E-state index is 14.0. The molecule has 3 rings (SSSR count). The molecule has 1 saturated heterocycles. The molecule has 0 unspecified atom stereocenters. The summed E-state index contributed by atoms with van der Waals surface area (Å²) in [6.45, 7) is 0.696. The van der Waals surface area contributed by atoms with Crippen molar-refractivity contribution < 1.29 is 31.5 Å². The molecule has 0 aliphatic carbocycles. The van der Waals surface area contributed by atoms with Crippen molar-refractivity contribution in [2.45, 2.75) is 18.9 Å². The van der Waals surface area contributed by atoms with Crippen LogP contribution in [0.1, 0.15) is 23.1 Å². The van der Waals surface area contributed by atoms with Gasteiger partial charge in [-0.2, -0.15) is 26.5 Å². The van der Waals surface area contributed by atoms with Gasteiger partial charge < -0.3 is 14.8 Å². The number of methoxy groups -OCH3 is 1. The molecule has 0 amide bonds. The summed E-state index contributed by atoms with van der Waals surface area (Å²) in [5, 5.41) is 2.83. The minimum absolute atomic E-state index is 0.0422. The van der Waals surface area contributed by atoms with Crippen LogP contribution in [0.4, 0.5) is 14.6 Å². The molecule has 10 nitrogen and oxygen atoms in total. The summed E-state index contributed by atoms with van der Waals surface area (Å²) < 4.78 is 65.4. The monoisotopic (exact) mass is 457 g/mol. The molecule has 31 heavy (non-hydrogen) atoms. The van der Waals surface area contributed by atoms with Gasteiger partial charge in [0.1, 0.15) is 11.6 Å². The van der Waals surface area contributed by atoms with Gasteiger partial charge in [0.15, 0.2) is 5.56 Å². The second-order valence-electron chi connectivity index (χ2n) is 6.74. The highest BCUT2D eigenvalue weighted by atomic mass is 32.2. The van der Waals surface area contributed by atoms with Crippen LogP contribution in [0, 0.1) is 0 Å². The number of esters is 1. The Labute approximate surface area is 177 Å². The summed E-state index contributed by atoms with van der Waals surface area (Å²) in [7, 11) is -1.23. The molecule has 0 bridgehead atoms. The topological polar surface area (TPSA) is 123 Å². The molecule has 1 aliphatic heterocycles. The third kappa shape index (κ3) is 5.06. The fourth-order valence-corrected chi connectivity index (χ4v) is 3.76. The summed E-state index contributed by atoms with van der Waals surface area (Å²) in [6, 6.07) is 7.69. The molecular formula is C18H21F2N5O5S. The second-order valence-corrected chi connectivity index (χ2v) is 8.61. The molecule has 0 spiro atoms. The van der Waals surface area contributed by atoms with Crippen LogP contribution in [0.15, 0.2) is 30.3 Å². The minimum Gasteiger partial charge on any atom is -0.465 e. The van der Waals surface area contributed by atoms with Crippen LogP contribution in [0.25, 0.3) is 0 Å². The number of rotatable bonds is 8. The van der Waals surface area contributed by atoms with E-state index >= 15 is 0 Å². The largest absolute Gasteiger partial charge is 0.465 e. The maximum absolute atomic E-state index is 14.0. The van der Waals surface area contributed by atoms with E-state index in [0.717, 1.165) is 11.4 Å². The molecule has 2 heterocycles. The van der Waals surface area contributed by atoms with Gasteiger partial charge >= 0.3 is 11.9 Å². The standard InChI is InChI=1S/C18H21F2N5O5S/c1-18(19,20)17-23-14(22-11-9-25(10-11)31(27,28)21-2)13(16(26)29-3)15(24-17)30-12-7-5-4-6-8-12/h4-8,11,21H,9-10H2,1-3H3,(H,22,23,24). The zero-order chi connectivity index (χ0) is 22.8. The third-order valence-electron chi connectivity index (χ3n) is 4.40. The van der Waals surface area contributed by atoms with Crippen LogP contribution in [-0.2, 0) is 20.9 Å². The van der Waals surface area contributed by atoms with Crippen molar-refractivity contribution in [2.24, 2.45) is 0 Å². The van der Waals surface area contributed by atoms with E-state index in [-0.39, 0.29) is 30.2 Å². The number of alkyl halides is 2. The number of nitrogens with one attached hydrogen (secondary N) is 2. The highest BCUT2D eigenvalue weighted by molar-refractivity contribution is 7.87. The third-order valence-corrected chi connectivity index (χ3v) is 5.90. The summed E-state index contributed by atoms with van der Waals surface area (Å²) in [4.78, 5) is 20.0. The molecule has 1 fully saturated rings. The first kappa shape index (κ1) is 22.8. The van der Waals surface area contributed by atoms with Gasteiger partial charge in [-0.25, -0.2) is 14.5 Å². The van der Waals surface area contributed by atoms with Crippen molar-refractivity contribution in [1.29, 1.82) is 0 Å². The van der Waals surface area contributed by atoms with Crippen LogP contribution in [0.3, 0.4) is 0 Å². The first-order valence-electron chi connectivity index (χ1n) is 9.12. The quantitative estimate of drug-likeness (QED) is 0.575. The average Bonchev–Trinajstić information content (AvgIpc) is 2.69. The number of nitrogens with zero attached hydrogens (tertiary/aromatic N) is 3. The summed E-state index contributed by atoms with van der Waals surface area (Å²) in [6.07, 6.45) is 0. The Balaban J connectivity index is 2.00. The van der Waals surface area contributed by atoms with Gasteiger partial charge in [-0.15, -0.1) is 0 Å². The van der Waals surface area contributed by atoms with E-state index in [1.54, 1.807) is 30.3 Å². The Hall–Kier alpha value is -2.90. The first-order valence-corrected chi connectivity index (χ1v) is 10.6. The smallest absolute Gasteiger partial charge is 0.347 e. The molecule has 13 heteroatoms. The molecule has 0 atom stereocenters. The Kier molecular flexibility index (Phi) is 6.38. The van der Waals surface area contributed by atoms with Crippen molar-refractivity contribution >= 4 is 22.0 Å². The van der Waals surface area contributed by atoms with Crippen molar-refractivity contribution in [1.82, 2.24) is 19.0 Å². The number of para-hydroxylation sites is 1. The number of ether oxygens (including phenoxy) is 2. The average molecular weight is 457 g/mol. The molecular weight excluding hydrogens is 436 g/mol. The van der Waals surface area contributed by atoms with E-state index in [9.17, 15) is 22.0 Å². The van der Waals surface area contributed by atoms with Crippen LogP contribution in [0.2, 0.25) is 0 Å². The lowest BCUT2D eigenvalue weighted by atomic mass is 10.1. The Morgan fingerprint density at radius 2 is 1.87 bits per heavy atom. The number of carbonyl (C=O) groups excluding carboxylic acids is 1. The highest BCUT2D eigenvalue weighted by Crippen LogP contribution is 2.34. The van der Waals surface area contributed by atoms with Crippen molar-refractivity contribution in [3.63, 3.8) is 0 Å². The van der Waals surface area contributed by atoms with Gasteiger partial charge in [0, 0.05) is 27.1 Å². The molecule has 1 aromatic carbocycles. The predicted molar refractivity (Wildman–Crippen MR) is 106 cm³/mol. The van der Waals surface area contributed by atoms with Gasteiger partial charge in [-0.3, -0.25) is 0 Å². The first-order chi connectivity index (χ1) is 14.5. The van der Waals surface area contributed by atoms with Gasteiger partial charge in [-0.05, 0) is 12.1 Å². The lowest BCUT2D eigenvalue weighted by Crippen LogP contribution is -2.59.